The van der Waals surface area contributed by atoms with Crippen molar-refractivity contribution in [3.05, 3.63) is 18.0 Å². The maximum absolute atomic E-state index is 4.44. The van der Waals surface area contributed by atoms with Crippen LogP contribution < -0.4 is 5.32 Å². The summed E-state index contributed by atoms with van der Waals surface area (Å²) >= 11 is 0. The van der Waals surface area contributed by atoms with Crippen LogP contribution in [0.25, 0.3) is 0 Å². The Bertz CT molecular complexity index is 207. The molecule has 13 heavy (non-hydrogen) atoms. The van der Waals surface area contributed by atoms with Gasteiger partial charge in [0.25, 0.3) is 0 Å². The van der Waals surface area contributed by atoms with Crippen LogP contribution in [0, 0.1) is 0 Å². The molecule has 0 saturated carbocycles. The third-order valence-corrected chi connectivity index (χ3v) is 1.99. The van der Waals surface area contributed by atoms with Crippen molar-refractivity contribution in [3.8, 4) is 0 Å². The van der Waals surface area contributed by atoms with E-state index in [9.17, 15) is 0 Å². The number of aromatic nitrogens is 2. The third kappa shape index (κ3) is 3.59. The van der Waals surface area contributed by atoms with Gasteiger partial charge >= 0.3 is 0 Å². The van der Waals surface area contributed by atoms with Gasteiger partial charge in [0.05, 0.1) is 5.69 Å². The Labute approximate surface area is 80.1 Å². The number of nitrogens with one attached hydrogen (secondary N) is 1. The Morgan fingerprint density at radius 2 is 2.31 bits per heavy atom. The molecule has 1 rings (SSSR count). The predicted octanol–water partition coefficient (Wildman–Crippen LogP) is 1.79. The lowest BCUT2D eigenvalue weighted by Crippen LogP contribution is -2.12. The topological polar surface area (TPSA) is 29.9 Å². The van der Waals surface area contributed by atoms with E-state index in [2.05, 4.69) is 36.5 Å². The zero-order chi connectivity index (χ0) is 9.52. The van der Waals surface area contributed by atoms with Gasteiger partial charge in [0.1, 0.15) is 0 Å². The van der Waals surface area contributed by atoms with E-state index in [4.69, 9.17) is 0 Å². The standard InChI is InChI=1S/C10H19N3/c1-3-5-7-13-8-6-10(12-13)9-11-4-2/h6,8,11H,3-5,7,9H2,1-2H3. The Balaban J connectivity index is 2.34. The lowest BCUT2D eigenvalue weighted by atomic mass is 10.3. The van der Waals surface area contributed by atoms with E-state index in [1.807, 2.05) is 4.68 Å². The molecular weight excluding hydrogens is 162 g/mol. The number of rotatable bonds is 6. The molecule has 3 heteroatoms. The Hall–Kier alpha value is -0.830. The maximum Gasteiger partial charge on any atom is 0.0762 e. The molecule has 0 saturated heterocycles. The van der Waals surface area contributed by atoms with Gasteiger partial charge < -0.3 is 5.32 Å². The van der Waals surface area contributed by atoms with Crippen LogP contribution >= 0.6 is 0 Å². The van der Waals surface area contributed by atoms with Crippen LogP contribution in [0.2, 0.25) is 0 Å². The fourth-order valence-corrected chi connectivity index (χ4v) is 1.20. The molecule has 0 spiro atoms. The Morgan fingerprint density at radius 1 is 1.46 bits per heavy atom. The van der Waals surface area contributed by atoms with Gasteiger partial charge in [-0.2, -0.15) is 5.10 Å². The van der Waals surface area contributed by atoms with E-state index in [0.29, 0.717) is 0 Å². The molecule has 0 amide bonds. The lowest BCUT2D eigenvalue weighted by Gasteiger charge is -1.99. The zero-order valence-corrected chi connectivity index (χ0v) is 8.58. The Kier molecular flexibility index (Phi) is 4.54. The van der Waals surface area contributed by atoms with Crippen LogP contribution in [0.5, 0.6) is 0 Å². The SMILES string of the molecule is CCCCn1ccc(CNCC)n1. The van der Waals surface area contributed by atoms with Crippen molar-refractivity contribution in [2.24, 2.45) is 0 Å². The van der Waals surface area contributed by atoms with E-state index in [1.165, 1.54) is 12.8 Å². The van der Waals surface area contributed by atoms with Crippen molar-refractivity contribution < 1.29 is 0 Å². The summed E-state index contributed by atoms with van der Waals surface area (Å²) in [6, 6.07) is 2.08. The molecule has 1 N–H and O–H groups in total. The van der Waals surface area contributed by atoms with Crippen LogP contribution in [0.4, 0.5) is 0 Å². The minimum Gasteiger partial charge on any atom is -0.311 e. The van der Waals surface area contributed by atoms with Gasteiger partial charge in [0.15, 0.2) is 0 Å². The summed E-state index contributed by atoms with van der Waals surface area (Å²) < 4.78 is 2.02. The molecule has 1 aromatic rings. The highest BCUT2D eigenvalue weighted by atomic mass is 15.3. The minimum atomic E-state index is 0.885. The van der Waals surface area contributed by atoms with E-state index in [1.54, 1.807) is 0 Å². The number of nitrogens with zero attached hydrogens (tertiary/aromatic N) is 2. The maximum atomic E-state index is 4.44. The van der Waals surface area contributed by atoms with Gasteiger partial charge in [0, 0.05) is 19.3 Å². The second-order valence-corrected chi connectivity index (χ2v) is 3.20. The van der Waals surface area contributed by atoms with E-state index in [0.717, 1.165) is 25.3 Å². The summed E-state index contributed by atoms with van der Waals surface area (Å²) in [5.74, 6) is 0. The van der Waals surface area contributed by atoms with Crippen LogP contribution in [0.1, 0.15) is 32.4 Å². The first-order chi connectivity index (χ1) is 6.36. The van der Waals surface area contributed by atoms with Crippen molar-refractivity contribution in [3.63, 3.8) is 0 Å². The molecule has 0 aliphatic rings. The number of aryl methyl sites for hydroxylation is 1. The highest BCUT2D eigenvalue weighted by molar-refractivity contribution is 4.98. The largest absolute Gasteiger partial charge is 0.311 e. The quantitative estimate of drug-likeness (QED) is 0.725. The molecule has 1 heterocycles. The van der Waals surface area contributed by atoms with Gasteiger partial charge in [-0.05, 0) is 19.0 Å². The van der Waals surface area contributed by atoms with Gasteiger partial charge in [-0.3, -0.25) is 4.68 Å². The molecule has 0 bridgehead atoms. The van der Waals surface area contributed by atoms with Crippen LogP contribution in [0.3, 0.4) is 0 Å². The second kappa shape index (κ2) is 5.75. The molecule has 0 aromatic carbocycles. The number of hydrogen-bond donors (Lipinski definition) is 1. The smallest absolute Gasteiger partial charge is 0.0762 e. The fraction of sp³-hybridized carbons (Fsp3) is 0.700. The predicted molar refractivity (Wildman–Crippen MR) is 54.5 cm³/mol. The average molecular weight is 181 g/mol. The average Bonchev–Trinajstić information content (AvgIpc) is 2.59. The monoisotopic (exact) mass is 181 g/mol. The van der Waals surface area contributed by atoms with Gasteiger partial charge in [-0.25, -0.2) is 0 Å². The van der Waals surface area contributed by atoms with Crippen LogP contribution in [0.15, 0.2) is 12.3 Å². The summed E-state index contributed by atoms with van der Waals surface area (Å²) in [7, 11) is 0. The molecule has 3 nitrogen and oxygen atoms in total. The Morgan fingerprint density at radius 3 is 3.00 bits per heavy atom. The summed E-state index contributed by atoms with van der Waals surface area (Å²) in [6.07, 6.45) is 4.49. The molecule has 1 aromatic heterocycles. The van der Waals surface area contributed by atoms with Crippen molar-refractivity contribution in [1.29, 1.82) is 0 Å². The van der Waals surface area contributed by atoms with Crippen LogP contribution in [-0.2, 0) is 13.1 Å². The molecule has 74 valence electrons. The normalized spacial score (nSPS) is 10.6. The highest BCUT2D eigenvalue weighted by Crippen LogP contribution is 1.97. The van der Waals surface area contributed by atoms with Crippen molar-refractivity contribution >= 4 is 0 Å². The van der Waals surface area contributed by atoms with Crippen molar-refractivity contribution in [1.82, 2.24) is 15.1 Å². The highest BCUT2D eigenvalue weighted by Gasteiger charge is 1.96. The van der Waals surface area contributed by atoms with Gasteiger partial charge in [-0.1, -0.05) is 20.3 Å². The summed E-state index contributed by atoms with van der Waals surface area (Å²) in [5.41, 5.74) is 1.14. The first-order valence-electron chi connectivity index (χ1n) is 5.09. The van der Waals surface area contributed by atoms with E-state index < -0.39 is 0 Å². The molecule has 0 radical (unpaired) electrons. The molecule has 0 aliphatic carbocycles. The lowest BCUT2D eigenvalue weighted by molar-refractivity contribution is 0.560. The molecule has 0 unspecified atom stereocenters. The summed E-state index contributed by atoms with van der Waals surface area (Å²) in [4.78, 5) is 0. The van der Waals surface area contributed by atoms with Crippen molar-refractivity contribution in [2.75, 3.05) is 6.54 Å². The molecule has 0 fully saturated rings. The fourth-order valence-electron chi connectivity index (χ4n) is 1.20. The summed E-state index contributed by atoms with van der Waals surface area (Å²) in [5, 5.41) is 7.70. The number of hydrogen-bond acceptors (Lipinski definition) is 2. The zero-order valence-electron chi connectivity index (χ0n) is 8.58. The first-order valence-corrected chi connectivity index (χ1v) is 5.09. The van der Waals surface area contributed by atoms with Gasteiger partial charge in [-0.15, -0.1) is 0 Å². The number of unbranched alkanes of at least 4 members (excludes halogenated alkanes) is 1. The second-order valence-electron chi connectivity index (χ2n) is 3.20. The summed E-state index contributed by atoms with van der Waals surface area (Å²) in [6.45, 7) is 7.23. The van der Waals surface area contributed by atoms with Crippen molar-refractivity contribution in [2.45, 2.75) is 39.8 Å². The third-order valence-electron chi connectivity index (χ3n) is 1.99. The van der Waals surface area contributed by atoms with Gasteiger partial charge in [0.2, 0.25) is 0 Å². The molecule has 0 atom stereocenters. The molecular formula is C10H19N3. The first kappa shape index (κ1) is 10.3. The van der Waals surface area contributed by atoms with E-state index in [-0.39, 0.29) is 0 Å². The molecule has 0 aliphatic heterocycles. The van der Waals surface area contributed by atoms with E-state index >= 15 is 0 Å². The minimum absolute atomic E-state index is 0.885. The van der Waals surface area contributed by atoms with Crippen LogP contribution in [-0.4, -0.2) is 16.3 Å².